The van der Waals surface area contributed by atoms with Gasteiger partial charge in [-0.05, 0) is 11.6 Å². The van der Waals surface area contributed by atoms with Crippen molar-refractivity contribution in [2.75, 3.05) is 0 Å². The van der Waals surface area contributed by atoms with Crippen molar-refractivity contribution in [2.45, 2.75) is 0 Å². The fraction of sp³-hybridized carbons (Fsp3) is 0. The van der Waals surface area contributed by atoms with Crippen molar-refractivity contribution in [2.24, 2.45) is 10.8 Å². The van der Waals surface area contributed by atoms with E-state index in [1.165, 1.54) is 12.1 Å². The standard InChI is InChI=1S/C7H6N4O/c8-7(12)5-3-1-2-4-6(5)10-11-9/h1-4H,(H2,8,12). The highest BCUT2D eigenvalue weighted by Gasteiger charge is 2.03. The number of nitrogens with two attached hydrogens (primary N) is 1. The first-order chi connectivity index (χ1) is 5.75. The van der Waals surface area contributed by atoms with Gasteiger partial charge in [0.2, 0.25) is 5.91 Å². The zero-order valence-corrected chi connectivity index (χ0v) is 6.14. The molecular formula is C7H6N4O. The Kier molecular flexibility index (Phi) is 2.30. The SMILES string of the molecule is [N-]=[N+]=Nc1ccccc1C(N)=O. The molecule has 0 bridgehead atoms. The molecule has 2 N–H and O–H groups in total. The first-order valence-corrected chi connectivity index (χ1v) is 3.19. The number of primary amides is 1. The normalized spacial score (nSPS) is 8.67. The van der Waals surface area contributed by atoms with Crippen molar-refractivity contribution < 1.29 is 4.79 Å². The fourth-order valence-corrected chi connectivity index (χ4v) is 0.817. The number of benzene rings is 1. The summed E-state index contributed by atoms with van der Waals surface area (Å²) >= 11 is 0. The first kappa shape index (κ1) is 8.10. The minimum Gasteiger partial charge on any atom is -0.366 e. The quantitative estimate of drug-likeness (QED) is 0.400. The third kappa shape index (κ3) is 1.53. The van der Waals surface area contributed by atoms with E-state index in [-0.39, 0.29) is 11.3 Å². The van der Waals surface area contributed by atoms with Crippen LogP contribution in [-0.4, -0.2) is 5.91 Å². The predicted molar refractivity (Wildman–Crippen MR) is 43.8 cm³/mol. The maximum atomic E-state index is 10.7. The van der Waals surface area contributed by atoms with Crippen LogP contribution in [0.4, 0.5) is 5.69 Å². The Morgan fingerprint density at radius 3 is 2.75 bits per heavy atom. The van der Waals surface area contributed by atoms with E-state index in [9.17, 15) is 4.79 Å². The Balaban J connectivity index is 3.26. The summed E-state index contributed by atoms with van der Waals surface area (Å²) in [5, 5.41) is 3.31. The minimum absolute atomic E-state index is 0.232. The zero-order valence-electron chi connectivity index (χ0n) is 6.14. The summed E-state index contributed by atoms with van der Waals surface area (Å²) in [5.41, 5.74) is 13.6. The molecule has 0 atom stereocenters. The van der Waals surface area contributed by atoms with Crippen LogP contribution in [0.1, 0.15) is 10.4 Å². The van der Waals surface area contributed by atoms with Crippen molar-refractivity contribution in [3.63, 3.8) is 0 Å². The van der Waals surface area contributed by atoms with Gasteiger partial charge in [-0.2, -0.15) is 0 Å². The van der Waals surface area contributed by atoms with Crippen LogP contribution < -0.4 is 5.73 Å². The third-order valence-corrected chi connectivity index (χ3v) is 1.32. The average molecular weight is 162 g/mol. The van der Waals surface area contributed by atoms with E-state index < -0.39 is 5.91 Å². The van der Waals surface area contributed by atoms with Crippen molar-refractivity contribution >= 4 is 11.6 Å². The summed E-state index contributed by atoms with van der Waals surface area (Å²) < 4.78 is 0. The van der Waals surface area contributed by atoms with E-state index in [2.05, 4.69) is 10.0 Å². The number of hydrogen-bond acceptors (Lipinski definition) is 2. The number of nitrogens with zero attached hydrogens (tertiary/aromatic N) is 3. The molecule has 5 nitrogen and oxygen atoms in total. The van der Waals surface area contributed by atoms with Gasteiger partial charge >= 0.3 is 0 Å². The smallest absolute Gasteiger partial charge is 0.249 e. The molecule has 0 saturated heterocycles. The number of azide groups is 1. The topological polar surface area (TPSA) is 91.8 Å². The van der Waals surface area contributed by atoms with Crippen molar-refractivity contribution in [1.82, 2.24) is 0 Å². The Labute approximate surface area is 68.4 Å². The third-order valence-electron chi connectivity index (χ3n) is 1.32. The van der Waals surface area contributed by atoms with Crippen LogP contribution in [0.25, 0.3) is 10.4 Å². The molecule has 0 aliphatic heterocycles. The molecule has 0 unspecified atom stereocenters. The lowest BCUT2D eigenvalue weighted by molar-refractivity contribution is 0.100. The molecule has 0 aromatic heterocycles. The molecule has 1 aromatic carbocycles. The maximum absolute atomic E-state index is 10.7. The van der Waals surface area contributed by atoms with Gasteiger partial charge in [0.25, 0.3) is 0 Å². The predicted octanol–water partition coefficient (Wildman–Crippen LogP) is 1.73. The monoisotopic (exact) mass is 162 g/mol. The van der Waals surface area contributed by atoms with E-state index in [1.54, 1.807) is 12.1 Å². The van der Waals surface area contributed by atoms with Gasteiger partial charge < -0.3 is 5.73 Å². The van der Waals surface area contributed by atoms with Crippen LogP contribution in [0.2, 0.25) is 0 Å². The van der Waals surface area contributed by atoms with Crippen LogP contribution in [0.5, 0.6) is 0 Å². The van der Waals surface area contributed by atoms with Gasteiger partial charge in [0.1, 0.15) is 0 Å². The minimum atomic E-state index is -0.599. The summed E-state index contributed by atoms with van der Waals surface area (Å²) in [4.78, 5) is 13.3. The van der Waals surface area contributed by atoms with E-state index >= 15 is 0 Å². The van der Waals surface area contributed by atoms with Crippen molar-refractivity contribution in [1.29, 1.82) is 0 Å². The van der Waals surface area contributed by atoms with Gasteiger partial charge in [0.05, 0.1) is 5.69 Å². The van der Waals surface area contributed by atoms with Gasteiger partial charge in [-0.3, -0.25) is 4.79 Å². The van der Waals surface area contributed by atoms with E-state index in [4.69, 9.17) is 11.3 Å². The highest BCUT2D eigenvalue weighted by molar-refractivity contribution is 5.97. The second-order valence-corrected chi connectivity index (χ2v) is 2.07. The summed E-state index contributed by atoms with van der Waals surface area (Å²) in [7, 11) is 0. The Hall–Kier alpha value is -2.00. The fourth-order valence-electron chi connectivity index (χ4n) is 0.817. The van der Waals surface area contributed by atoms with Gasteiger partial charge in [-0.15, -0.1) is 0 Å². The highest BCUT2D eigenvalue weighted by Crippen LogP contribution is 2.17. The molecule has 60 valence electrons. The molecule has 1 aromatic rings. The van der Waals surface area contributed by atoms with Crippen LogP contribution in [-0.2, 0) is 0 Å². The lowest BCUT2D eigenvalue weighted by Gasteiger charge is -1.97. The molecule has 0 heterocycles. The summed E-state index contributed by atoms with van der Waals surface area (Å²) in [6.07, 6.45) is 0. The molecule has 0 fully saturated rings. The van der Waals surface area contributed by atoms with Crippen molar-refractivity contribution in [3.05, 3.63) is 40.3 Å². The van der Waals surface area contributed by atoms with Crippen LogP contribution in [0, 0.1) is 0 Å². The average Bonchev–Trinajstić information content (AvgIpc) is 2.05. The molecule has 1 amide bonds. The van der Waals surface area contributed by atoms with Gasteiger partial charge in [-0.1, -0.05) is 23.3 Å². The Morgan fingerprint density at radius 1 is 1.50 bits per heavy atom. The van der Waals surface area contributed by atoms with Crippen molar-refractivity contribution in [3.8, 4) is 0 Å². The first-order valence-electron chi connectivity index (χ1n) is 3.19. The molecule has 0 spiro atoms. The number of hydrogen-bond donors (Lipinski definition) is 1. The number of amides is 1. The zero-order chi connectivity index (χ0) is 8.97. The number of rotatable bonds is 2. The Bertz CT molecular complexity index is 333. The van der Waals surface area contributed by atoms with Crippen LogP contribution in [0.15, 0.2) is 29.4 Å². The largest absolute Gasteiger partial charge is 0.366 e. The van der Waals surface area contributed by atoms with E-state index in [0.717, 1.165) is 0 Å². The lowest BCUT2D eigenvalue weighted by Crippen LogP contribution is -2.10. The summed E-state index contributed by atoms with van der Waals surface area (Å²) in [6, 6.07) is 6.35. The van der Waals surface area contributed by atoms with Gasteiger partial charge in [-0.25, -0.2) is 0 Å². The molecular weight excluding hydrogens is 156 g/mol. The molecule has 0 aliphatic carbocycles. The molecule has 0 aliphatic rings. The van der Waals surface area contributed by atoms with Crippen LogP contribution in [0.3, 0.4) is 0 Å². The molecule has 0 radical (unpaired) electrons. The second kappa shape index (κ2) is 3.41. The summed E-state index contributed by atoms with van der Waals surface area (Å²) in [5.74, 6) is -0.599. The maximum Gasteiger partial charge on any atom is 0.249 e. The molecule has 5 heteroatoms. The number of carbonyl (C=O) groups is 1. The van der Waals surface area contributed by atoms with E-state index in [1.807, 2.05) is 0 Å². The summed E-state index contributed by atoms with van der Waals surface area (Å²) in [6.45, 7) is 0. The van der Waals surface area contributed by atoms with Crippen LogP contribution >= 0.6 is 0 Å². The van der Waals surface area contributed by atoms with Gasteiger partial charge in [0, 0.05) is 10.5 Å². The number of carbonyl (C=O) groups excluding carboxylic acids is 1. The molecule has 1 rings (SSSR count). The van der Waals surface area contributed by atoms with E-state index in [0.29, 0.717) is 0 Å². The Morgan fingerprint density at radius 2 is 2.17 bits per heavy atom. The molecule has 12 heavy (non-hydrogen) atoms. The highest BCUT2D eigenvalue weighted by atomic mass is 16.1. The second-order valence-electron chi connectivity index (χ2n) is 2.07. The molecule has 0 saturated carbocycles. The lowest BCUT2D eigenvalue weighted by atomic mass is 10.2. The van der Waals surface area contributed by atoms with Gasteiger partial charge in [0.15, 0.2) is 0 Å².